The molecule has 1 unspecified atom stereocenters. The summed E-state index contributed by atoms with van der Waals surface area (Å²) in [7, 11) is 0. The summed E-state index contributed by atoms with van der Waals surface area (Å²) in [5.41, 5.74) is 6.42. The first-order valence-corrected chi connectivity index (χ1v) is 6.05. The van der Waals surface area contributed by atoms with Crippen molar-refractivity contribution in [3.05, 3.63) is 29.6 Å². The molecule has 5 heteroatoms. The lowest BCUT2D eigenvalue weighted by Crippen LogP contribution is -2.44. The third-order valence-electron chi connectivity index (χ3n) is 3.48. The van der Waals surface area contributed by atoms with Crippen LogP contribution in [0.25, 0.3) is 0 Å². The Morgan fingerprint density at radius 3 is 3.06 bits per heavy atom. The summed E-state index contributed by atoms with van der Waals surface area (Å²) in [4.78, 5) is 2.29. The van der Waals surface area contributed by atoms with Crippen molar-refractivity contribution in [1.29, 1.82) is 5.41 Å². The maximum absolute atomic E-state index is 13.2. The summed E-state index contributed by atoms with van der Waals surface area (Å²) >= 11 is 0. The SMILES string of the molecule is CCN1CCC[C@H]1C(N)n1cc(F)ccc1=N. The summed E-state index contributed by atoms with van der Waals surface area (Å²) in [5.74, 6) is -0.350. The lowest BCUT2D eigenvalue weighted by Gasteiger charge is -2.29. The van der Waals surface area contributed by atoms with E-state index in [-0.39, 0.29) is 23.5 Å². The Balaban J connectivity index is 2.27. The zero-order valence-corrected chi connectivity index (χ0v) is 10.1. The summed E-state index contributed by atoms with van der Waals surface area (Å²) in [6, 6.07) is 2.94. The van der Waals surface area contributed by atoms with Crippen molar-refractivity contribution < 1.29 is 4.39 Å². The molecule has 0 aliphatic carbocycles. The van der Waals surface area contributed by atoms with Gasteiger partial charge in [0.2, 0.25) is 0 Å². The van der Waals surface area contributed by atoms with Crippen LogP contribution in [0.3, 0.4) is 0 Å². The van der Waals surface area contributed by atoms with Crippen molar-refractivity contribution in [3.63, 3.8) is 0 Å². The third-order valence-corrected chi connectivity index (χ3v) is 3.48. The molecule has 1 aromatic rings. The largest absolute Gasteiger partial charge is 0.313 e. The van der Waals surface area contributed by atoms with Gasteiger partial charge in [0.25, 0.3) is 0 Å². The number of aromatic nitrogens is 1. The fourth-order valence-corrected chi connectivity index (χ4v) is 2.55. The van der Waals surface area contributed by atoms with Crippen LogP contribution in [0.1, 0.15) is 25.9 Å². The number of nitrogens with one attached hydrogen (secondary N) is 1. The summed E-state index contributed by atoms with van der Waals surface area (Å²) < 4.78 is 14.7. The molecule has 0 radical (unpaired) electrons. The molecule has 2 heterocycles. The first kappa shape index (κ1) is 12.3. The maximum atomic E-state index is 13.2. The van der Waals surface area contributed by atoms with Crippen molar-refractivity contribution in [2.75, 3.05) is 13.1 Å². The number of nitrogens with zero attached hydrogens (tertiary/aromatic N) is 2. The molecular formula is C12H19FN4. The number of likely N-dealkylation sites (N-methyl/N-ethyl adjacent to an activating group) is 1. The third kappa shape index (κ3) is 2.40. The molecular weight excluding hydrogens is 219 g/mol. The highest BCUT2D eigenvalue weighted by Crippen LogP contribution is 2.23. The predicted molar refractivity (Wildman–Crippen MR) is 63.7 cm³/mol. The lowest BCUT2D eigenvalue weighted by molar-refractivity contribution is 0.198. The van der Waals surface area contributed by atoms with Crippen molar-refractivity contribution >= 4 is 0 Å². The quantitative estimate of drug-likeness (QED) is 0.827. The molecule has 0 saturated carbocycles. The lowest BCUT2D eigenvalue weighted by atomic mass is 10.1. The molecule has 1 saturated heterocycles. The number of hydrogen-bond donors (Lipinski definition) is 2. The topological polar surface area (TPSA) is 58.0 Å². The van der Waals surface area contributed by atoms with Crippen LogP contribution in [0.2, 0.25) is 0 Å². The van der Waals surface area contributed by atoms with E-state index >= 15 is 0 Å². The van der Waals surface area contributed by atoms with Crippen LogP contribution in [-0.4, -0.2) is 28.6 Å². The fourth-order valence-electron chi connectivity index (χ4n) is 2.55. The minimum Gasteiger partial charge on any atom is -0.313 e. The summed E-state index contributed by atoms with van der Waals surface area (Å²) in [6.07, 6.45) is 3.10. The van der Waals surface area contributed by atoms with Gasteiger partial charge in [-0.3, -0.25) is 10.3 Å². The van der Waals surface area contributed by atoms with Gasteiger partial charge in [-0.15, -0.1) is 0 Å². The van der Waals surface area contributed by atoms with Gasteiger partial charge in [0.05, 0.1) is 6.17 Å². The van der Waals surface area contributed by atoms with Gasteiger partial charge in [0.15, 0.2) is 0 Å². The highest BCUT2D eigenvalue weighted by Gasteiger charge is 2.29. The van der Waals surface area contributed by atoms with E-state index in [4.69, 9.17) is 11.1 Å². The van der Waals surface area contributed by atoms with Gasteiger partial charge >= 0.3 is 0 Å². The van der Waals surface area contributed by atoms with Gasteiger partial charge in [0, 0.05) is 12.2 Å². The van der Waals surface area contributed by atoms with Crippen LogP contribution >= 0.6 is 0 Å². The molecule has 1 aliphatic rings. The minimum atomic E-state index is -0.350. The molecule has 0 bridgehead atoms. The van der Waals surface area contributed by atoms with Gasteiger partial charge in [-0.2, -0.15) is 0 Å². The number of nitrogens with two attached hydrogens (primary N) is 1. The van der Waals surface area contributed by atoms with E-state index in [0.717, 1.165) is 25.9 Å². The zero-order valence-electron chi connectivity index (χ0n) is 10.1. The number of halogens is 1. The van der Waals surface area contributed by atoms with E-state index in [2.05, 4.69) is 11.8 Å². The molecule has 0 aromatic carbocycles. The van der Waals surface area contributed by atoms with Gasteiger partial charge in [-0.1, -0.05) is 6.92 Å². The normalized spacial score (nSPS) is 22.9. The van der Waals surface area contributed by atoms with Crippen LogP contribution < -0.4 is 11.2 Å². The Kier molecular flexibility index (Phi) is 3.59. The molecule has 1 aliphatic heterocycles. The Morgan fingerprint density at radius 1 is 1.59 bits per heavy atom. The van der Waals surface area contributed by atoms with Crippen LogP contribution in [0.5, 0.6) is 0 Å². The zero-order chi connectivity index (χ0) is 12.4. The molecule has 17 heavy (non-hydrogen) atoms. The van der Waals surface area contributed by atoms with Gasteiger partial charge < -0.3 is 10.3 Å². The average Bonchev–Trinajstić information content (AvgIpc) is 2.79. The van der Waals surface area contributed by atoms with Crippen molar-refractivity contribution in [3.8, 4) is 0 Å². The molecule has 0 spiro atoms. The summed E-state index contributed by atoms with van der Waals surface area (Å²) in [5, 5.41) is 7.78. The molecule has 2 atom stereocenters. The highest BCUT2D eigenvalue weighted by molar-refractivity contribution is 4.98. The van der Waals surface area contributed by atoms with Crippen molar-refractivity contribution in [1.82, 2.24) is 9.47 Å². The van der Waals surface area contributed by atoms with Gasteiger partial charge in [-0.05, 0) is 38.1 Å². The van der Waals surface area contributed by atoms with E-state index in [0.29, 0.717) is 0 Å². The smallest absolute Gasteiger partial charge is 0.139 e. The molecule has 4 nitrogen and oxygen atoms in total. The molecule has 2 rings (SSSR count). The van der Waals surface area contributed by atoms with E-state index in [1.807, 2.05) is 0 Å². The van der Waals surface area contributed by atoms with Gasteiger partial charge in [0.1, 0.15) is 11.3 Å². The summed E-state index contributed by atoms with van der Waals surface area (Å²) in [6.45, 7) is 4.09. The average molecular weight is 238 g/mol. The first-order valence-electron chi connectivity index (χ1n) is 6.05. The van der Waals surface area contributed by atoms with Crippen LogP contribution in [-0.2, 0) is 0 Å². The fraction of sp³-hybridized carbons (Fsp3) is 0.583. The number of rotatable bonds is 3. The Labute approximate surface area is 100 Å². The second-order valence-corrected chi connectivity index (χ2v) is 4.47. The van der Waals surface area contributed by atoms with Crippen molar-refractivity contribution in [2.24, 2.45) is 5.73 Å². The maximum Gasteiger partial charge on any atom is 0.139 e. The second-order valence-electron chi connectivity index (χ2n) is 4.47. The van der Waals surface area contributed by atoms with E-state index in [1.54, 1.807) is 0 Å². The molecule has 1 aromatic heterocycles. The van der Waals surface area contributed by atoms with Crippen molar-refractivity contribution in [2.45, 2.75) is 32.0 Å². The second kappa shape index (κ2) is 4.98. The number of hydrogen-bond acceptors (Lipinski definition) is 3. The van der Waals surface area contributed by atoms with Crippen LogP contribution in [0, 0.1) is 11.2 Å². The standard InChI is InChI=1S/C12H19FN4/c1-2-16-7-3-4-10(16)12(15)17-8-9(13)5-6-11(17)14/h5-6,8,10,12,14H,2-4,7,15H2,1H3/t10-,12?/m0/s1. The Hall–Kier alpha value is -1.20. The molecule has 0 amide bonds. The minimum absolute atomic E-state index is 0.205. The van der Waals surface area contributed by atoms with E-state index in [1.165, 1.54) is 22.9 Å². The van der Waals surface area contributed by atoms with Gasteiger partial charge in [-0.25, -0.2) is 4.39 Å². The van der Waals surface area contributed by atoms with E-state index in [9.17, 15) is 4.39 Å². The predicted octanol–water partition coefficient (Wildman–Crippen LogP) is 1.05. The number of pyridine rings is 1. The first-order chi connectivity index (χ1) is 8.13. The molecule has 94 valence electrons. The van der Waals surface area contributed by atoms with Crippen LogP contribution in [0.4, 0.5) is 4.39 Å². The van der Waals surface area contributed by atoms with Crippen LogP contribution in [0.15, 0.2) is 18.3 Å². The molecule has 1 fully saturated rings. The Morgan fingerprint density at radius 2 is 2.35 bits per heavy atom. The number of likely N-dealkylation sites (tertiary alicyclic amines) is 1. The molecule has 3 N–H and O–H groups in total. The Bertz CT molecular complexity index is 442. The monoisotopic (exact) mass is 238 g/mol. The highest BCUT2D eigenvalue weighted by atomic mass is 19.1. The van der Waals surface area contributed by atoms with E-state index < -0.39 is 0 Å².